The molecule has 0 saturated heterocycles. The molecule has 2 atom stereocenters. The van der Waals surface area contributed by atoms with Gasteiger partial charge in [0.15, 0.2) is 17.6 Å². The Kier molecular flexibility index (Phi) is 7.87. The van der Waals surface area contributed by atoms with E-state index >= 15 is 0 Å². The van der Waals surface area contributed by atoms with E-state index in [2.05, 4.69) is 10.3 Å². The molecule has 1 aliphatic carbocycles. The molecule has 1 amide bonds. The lowest BCUT2D eigenvalue weighted by Gasteiger charge is -2.22. The average Bonchev–Trinajstić information content (AvgIpc) is 3.50. The first-order chi connectivity index (χ1) is 18.3. The molecular weight excluding hydrogens is 554 g/mol. The van der Waals surface area contributed by atoms with Gasteiger partial charge in [0, 0.05) is 17.7 Å². The van der Waals surface area contributed by atoms with Crippen LogP contribution in [0.2, 0.25) is 5.02 Å². The number of nitrogens with zero attached hydrogens (tertiary/aromatic N) is 1. The van der Waals surface area contributed by atoms with E-state index in [0.29, 0.717) is 0 Å². The molecule has 3 aromatic rings. The molecule has 1 N–H and O–H groups in total. The van der Waals surface area contributed by atoms with E-state index in [1.54, 1.807) is 0 Å². The van der Waals surface area contributed by atoms with Gasteiger partial charge in [-0.1, -0.05) is 11.6 Å². The van der Waals surface area contributed by atoms with Gasteiger partial charge in [0.25, 0.3) is 11.8 Å². The number of carbonyl (C=O) groups excluding carboxylic acids is 1. The van der Waals surface area contributed by atoms with E-state index in [1.807, 2.05) is 0 Å². The highest BCUT2D eigenvalue weighted by molar-refractivity contribution is 6.31. The summed E-state index contributed by atoms with van der Waals surface area (Å²) in [6.07, 6.45) is -6.57. The Balaban J connectivity index is 1.55. The fourth-order valence-corrected chi connectivity index (χ4v) is 3.91. The summed E-state index contributed by atoms with van der Waals surface area (Å²) in [6, 6.07) is 9.58. The minimum absolute atomic E-state index is 0.000887. The number of nitrogens with one attached hydrogen (secondary N) is 1. The summed E-state index contributed by atoms with van der Waals surface area (Å²) >= 11 is 5.83. The van der Waals surface area contributed by atoms with E-state index in [9.17, 15) is 31.1 Å². The van der Waals surface area contributed by atoms with Crippen molar-refractivity contribution < 1.29 is 45.3 Å². The predicted octanol–water partition coefficient (Wildman–Crippen LogP) is 6.42. The molecule has 2 unspecified atom stereocenters. The van der Waals surface area contributed by atoms with E-state index in [-0.39, 0.29) is 39.1 Å². The number of hydrogen-bond acceptors (Lipinski definition) is 5. The van der Waals surface area contributed by atoms with Crippen LogP contribution in [0.5, 0.6) is 17.2 Å². The minimum Gasteiger partial charge on any atom is -0.494 e. The molecule has 0 aliphatic heterocycles. The summed E-state index contributed by atoms with van der Waals surface area (Å²) in [5.74, 6) is -6.68. The van der Waals surface area contributed by atoms with Crippen LogP contribution >= 0.6 is 11.6 Å². The van der Waals surface area contributed by atoms with Gasteiger partial charge in [0.05, 0.1) is 31.4 Å². The van der Waals surface area contributed by atoms with Gasteiger partial charge in [-0.05, 0) is 48.5 Å². The lowest BCUT2D eigenvalue weighted by molar-refractivity contribution is -0.149. The van der Waals surface area contributed by atoms with Crippen molar-refractivity contribution in [2.24, 2.45) is 0 Å². The lowest BCUT2D eigenvalue weighted by Crippen LogP contribution is -2.35. The zero-order valence-electron chi connectivity index (χ0n) is 20.4. The SMILES string of the molecule is COc1cc(C(=O)NCC(c2ccc(OC)c(-c3ccc(F)c(Cl)c3)n2)C(F)(F)F)ccc1OC1CC1(F)F. The van der Waals surface area contributed by atoms with Crippen molar-refractivity contribution in [3.63, 3.8) is 0 Å². The van der Waals surface area contributed by atoms with Crippen LogP contribution in [0.3, 0.4) is 0 Å². The van der Waals surface area contributed by atoms with Crippen LogP contribution in [-0.4, -0.2) is 49.9 Å². The van der Waals surface area contributed by atoms with Crippen molar-refractivity contribution in [1.82, 2.24) is 10.3 Å². The Bertz CT molecular complexity index is 1390. The number of ether oxygens (including phenoxy) is 3. The molecule has 1 aliphatic rings. The van der Waals surface area contributed by atoms with Crippen LogP contribution in [0.1, 0.15) is 28.4 Å². The van der Waals surface area contributed by atoms with Crippen LogP contribution in [0.25, 0.3) is 11.3 Å². The largest absolute Gasteiger partial charge is 0.494 e. The number of carbonyl (C=O) groups is 1. The molecule has 39 heavy (non-hydrogen) atoms. The Hall–Kier alpha value is -3.67. The smallest absolute Gasteiger partial charge is 0.398 e. The highest BCUT2D eigenvalue weighted by atomic mass is 35.5. The molecule has 1 heterocycles. The fourth-order valence-electron chi connectivity index (χ4n) is 3.73. The Morgan fingerprint density at radius 2 is 1.74 bits per heavy atom. The maximum Gasteiger partial charge on any atom is 0.398 e. The van der Waals surface area contributed by atoms with Gasteiger partial charge in [-0.25, -0.2) is 18.2 Å². The monoisotopic (exact) mass is 574 g/mol. The molecule has 208 valence electrons. The Morgan fingerprint density at radius 3 is 2.33 bits per heavy atom. The fraction of sp³-hybridized carbons (Fsp3) is 0.308. The number of pyridine rings is 1. The molecule has 2 aromatic carbocycles. The van der Waals surface area contributed by atoms with Gasteiger partial charge in [-0.15, -0.1) is 0 Å². The van der Waals surface area contributed by atoms with Crippen molar-refractivity contribution in [2.75, 3.05) is 20.8 Å². The molecule has 1 saturated carbocycles. The van der Waals surface area contributed by atoms with E-state index < -0.39 is 54.5 Å². The third-order valence-corrected chi connectivity index (χ3v) is 6.26. The second-order valence-corrected chi connectivity index (χ2v) is 9.06. The molecule has 0 bridgehead atoms. The van der Waals surface area contributed by atoms with Crippen LogP contribution in [0, 0.1) is 5.82 Å². The Labute approximate surface area is 223 Å². The summed E-state index contributed by atoms with van der Waals surface area (Å²) in [5.41, 5.74) is -0.278. The van der Waals surface area contributed by atoms with Gasteiger partial charge >= 0.3 is 6.18 Å². The van der Waals surface area contributed by atoms with Crippen molar-refractivity contribution in [2.45, 2.75) is 30.5 Å². The first-order valence-electron chi connectivity index (χ1n) is 11.4. The number of benzene rings is 2. The van der Waals surface area contributed by atoms with Crippen molar-refractivity contribution >= 4 is 17.5 Å². The Morgan fingerprint density at radius 1 is 1.08 bits per heavy atom. The molecule has 4 rings (SSSR count). The molecule has 0 spiro atoms. The highest BCUT2D eigenvalue weighted by Gasteiger charge is 2.60. The maximum atomic E-state index is 14.1. The minimum atomic E-state index is -4.81. The van der Waals surface area contributed by atoms with Crippen LogP contribution in [0.4, 0.5) is 26.3 Å². The van der Waals surface area contributed by atoms with E-state index in [0.717, 1.165) is 12.1 Å². The maximum absolute atomic E-state index is 14.1. The molecular formula is C26H21ClF6N2O4. The number of methoxy groups -OCH3 is 2. The molecule has 1 aromatic heterocycles. The highest BCUT2D eigenvalue weighted by Crippen LogP contribution is 2.46. The second kappa shape index (κ2) is 10.8. The molecule has 6 nitrogen and oxygen atoms in total. The first kappa shape index (κ1) is 28.3. The lowest BCUT2D eigenvalue weighted by atomic mass is 10.0. The molecule has 13 heteroatoms. The number of rotatable bonds is 9. The number of hydrogen-bond donors (Lipinski definition) is 1. The summed E-state index contributed by atoms with van der Waals surface area (Å²) in [7, 11) is 2.53. The zero-order chi connectivity index (χ0) is 28.5. The summed E-state index contributed by atoms with van der Waals surface area (Å²) in [6.45, 7) is -0.875. The third-order valence-electron chi connectivity index (χ3n) is 5.98. The zero-order valence-corrected chi connectivity index (χ0v) is 21.2. The summed E-state index contributed by atoms with van der Waals surface area (Å²) < 4.78 is 97.6. The normalized spacial score (nSPS) is 16.8. The summed E-state index contributed by atoms with van der Waals surface area (Å²) in [4.78, 5) is 16.8. The predicted molar refractivity (Wildman–Crippen MR) is 129 cm³/mol. The van der Waals surface area contributed by atoms with E-state index in [4.69, 9.17) is 25.8 Å². The van der Waals surface area contributed by atoms with Gasteiger partial charge in [-0.2, -0.15) is 13.2 Å². The van der Waals surface area contributed by atoms with Crippen LogP contribution in [-0.2, 0) is 0 Å². The molecule has 1 fully saturated rings. The number of alkyl halides is 5. The van der Waals surface area contributed by atoms with Gasteiger partial charge < -0.3 is 19.5 Å². The number of aromatic nitrogens is 1. The van der Waals surface area contributed by atoms with Crippen LogP contribution < -0.4 is 19.5 Å². The average molecular weight is 575 g/mol. The number of halogens is 7. The number of amides is 1. The van der Waals surface area contributed by atoms with E-state index in [1.165, 1.54) is 50.6 Å². The topological polar surface area (TPSA) is 69.7 Å². The van der Waals surface area contributed by atoms with Gasteiger partial charge in [-0.3, -0.25) is 4.79 Å². The van der Waals surface area contributed by atoms with Crippen molar-refractivity contribution in [3.05, 3.63) is 70.6 Å². The summed E-state index contributed by atoms with van der Waals surface area (Å²) in [5, 5.41) is 1.98. The molecule has 0 radical (unpaired) electrons. The second-order valence-electron chi connectivity index (χ2n) is 8.66. The van der Waals surface area contributed by atoms with Crippen molar-refractivity contribution in [3.8, 4) is 28.5 Å². The van der Waals surface area contributed by atoms with Crippen molar-refractivity contribution in [1.29, 1.82) is 0 Å². The first-order valence-corrected chi connectivity index (χ1v) is 11.8. The van der Waals surface area contributed by atoms with Crippen LogP contribution in [0.15, 0.2) is 48.5 Å². The van der Waals surface area contributed by atoms with Gasteiger partial charge in [0.2, 0.25) is 0 Å². The van der Waals surface area contributed by atoms with Gasteiger partial charge in [0.1, 0.15) is 23.2 Å². The third kappa shape index (κ3) is 6.32. The quantitative estimate of drug-likeness (QED) is 0.299. The standard InChI is InChI=1S/C26H21ClF6N2O4/c1-37-20-8-6-18(35-23(20)13-3-5-17(28)16(27)9-13)15(26(31,32)33)12-34-24(36)14-4-7-19(21(10-14)38-2)39-22-11-25(22,29)30/h3-10,15,22H,11-12H2,1-2H3,(H,34,36).